The van der Waals surface area contributed by atoms with E-state index in [0.29, 0.717) is 0 Å². The second-order valence-corrected chi connectivity index (χ2v) is 4.57. The van der Waals surface area contributed by atoms with Crippen LogP contribution in [0.1, 0.15) is 10.4 Å². The average molecular weight is 218 g/mol. The molecule has 1 aromatic heterocycles. The Balaban J connectivity index is 1.99. The zero-order chi connectivity index (χ0) is 10.7. The summed E-state index contributed by atoms with van der Waals surface area (Å²) in [4.78, 5) is 1.34. The van der Waals surface area contributed by atoms with Crippen LogP contribution in [0.2, 0.25) is 0 Å². The minimum Gasteiger partial charge on any atom is -0.399 e. The smallest absolute Gasteiger partial charge is 0.0494 e. The highest BCUT2D eigenvalue weighted by Crippen LogP contribution is 2.17. The molecule has 0 radical (unpaired) electrons. The highest BCUT2D eigenvalue weighted by molar-refractivity contribution is 7.10. The van der Waals surface area contributed by atoms with Gasteiger partial charge in [-0.1, -0.05) is 6.07 Å². The summed E-state index contributed by atoms with van der Waals surface area (Å²) >= 11 is 1.78. The molecule has 3 N–H and O–H groups in total. The lowest BCUT2D eigenvalue weighted by Crippen LogP contribution is -1.97. The van der Waals surface area contributed by atoms with E-state index < -0.39 is 0 Å². The quantitative estimate of drug-likeness (QED) is 0.776. The van der Waals surface area contributed by atoms with Crippen molar-refractivity contribution in [1.82, 2.24) is 0 Å². The zero-order valence-electron chi connectivity index (χ0n) is 8.66. The van der Waals surface area contributed by atoms with Gasteiger partial charge in [-0.05, 0) is 42.1 Å². The lowest BCUT2D eigenvalue weighted by Gasteiger charge is -2.04. The van der Waals surface area contributed by atoms with Gasteiger partial charge >= 0.3 is 0 Å². The summed E-state index contributed by atoms with van der Waals surface area (Å²) in [5.41, 5.74) is 8.88. The molecule has 0 bridgehead atoms. The third-order valence-electron chi connectivity index (χ3n) is 2.14. The number of hydrogen-bond donors (Lipinski definition) is 2. The largest absolute Gasteiger partial charge is 0.399 e. The van der Waals surface area contributed by atoms with Crippen LogP contribution in [0.4, 0.5) is 11.4 Å². The minimum absolute atomic E-state index is 0.794. The van der Waals surface area contributed by atoms with Crippen molar-refractivity contribution in [3.8, 4) is 0 Å². The summed E-state index contributed by atoms with van der Waals surface area (Å²) in [7, 11) is 0. The van der Waals surface area contributed by atoms with E-state index in [2.05, 4.69) is 23.7 Å². The van der Waals surface area contributed by atoms with E-state index in [-0.39, 0.29) is 0 Å². The molecule has 0 amide bonds. The third-order valence-corrected chi connectivity index (χ3v) is 3.19. The van der Waals surface area contributed by atoms with Gasteiger partial charge < -0.3 is 11.1 Å². The molecule has 0 fully saturated rings. The Kier molecular flexibility index (Phi) is 2.92. The van der Waals surface area contributed by atoms with E-state index in [9.17, 15) is 0 Å². The molecule has 2 aromatic rings. The van der Waals surface area contributed by atoms with Gasteiger partial charge in [-0.25, -0.2) is 0 Å². The van der Waals surface area contributed by atoms with Crippen molar-refractivity contribution in [3.63, 3.8) is 0 Å². The van der Waals surface area contributed by atoms with Gasteiger partial charge in [0.15, 0.2) is 0 Å². The maximum absolute atomic E-state index is 5.69. The Hall–Kier alpha value is -1.48. The van der Waals surface area contributed by atoms with Crippen LogP contribution < -0.4 is 11.1 Å². The summed E-state index contributed by atoms with van der Waals surface area (Å²) in [6.45, 7) is 2.97. The first-order valence-electron chi connectivity index (χ1n) is 4.87. The number of aryl methyl sites for hydroxylation is 1. The number of benzene rings is 1. The Morgan fingerprint density at radius 1 is 1.33 bits per heavy atom. The SMILES string of the molecule is Cc1csc(CNc2cccc(N)c2)c1. The average Bonchev–Trinajstić information content (AvgIpc) is 2.62. The maximum Gasteiger partial charge on any atom is 0.0494 e. The molecule has 2 rings (SSSR count). The van der Waals surface area contributed by atoms with E-state index in [0.717, 1.165) is 17.9 Å². The Labute approximate surface area is 93.7 Å². The fourth-order valence-electron chi connectivity index (χ4n) is 1.42. The molecule has 78 valence electrons. The van der Waals surface area contributed by atoms with Crippen molar-refractivity contribution in [3.05, 3.63) is 46.2 Å². The number of nitrogen functional groups attached to an aromatic ring is 1. The monoisotopic (exact) mass is 218 g/mol. The zero-order valence-corrected chi connectivity index (χ0v) is 9.47. The van der Waals surface area contributed by atoms with E-state index in [1.807, 2.05) is 24.3 Å². The van der Waals surface area contributed by atoms with Crippen molar-refractivity contribution in [2.75, 3.05) is 11.1 Å². The molecule has 0 saturated carbocycles. The fourth-order valence-corrected chi connectivity index (χ4v) is 2.24. The van der Waals surface area contributed by atoms with Crippen molar-refractivity contribution in [2.45, 2.75) is 13.5 Å². The molecule has 1 heterocycles. The van der Waals surface area contributed by atoms with Crippen LogP contribution in [-0.4, -0.2) is 0 Å². The molecule has 3 heteroatoms. The van der Waals surface area contributed by atoms with Gasteiger partial charge in [0.1, 0.15) is 0 Å². The first kappa shape index (κ1) is 10.1. The summed E-state index contributed by atoms with van der Waals surface area (Å²) in [5, 5.41) is 5.51. The molecule has 0 aliphatic rings. The van der Waals surface area contributed by atoms with Crippen molar-refractivity contribution >= 4 is 22.7 Å². The summed E-state index contributed by atoms with van der Waals surface area (Å²) in [6.07, 6.45) is 0. The topological polar surface area (TPSA) is 38.0 Å². The Bertz CT molecular complexity index is 448. The first-order chi connectivity index (χ1) is 7.24. The number of thiophene rings is 1. The fraction of sp³-hybridized carbons (Fsp3) is 0.167. The van der Waals surface area contributed by atoms with Crippen LogP contribution >= 0.6 is 11.3 Å². The molecule has 0 atom stereocenters. The van der Waals surface area contributed by atoms with Crippen LogP contribution in [0.3, 0.4) is 0 Å². The second kappa shape index (κ2) is 4.36. The maximum atomic E-state index is 5.69. The van der Waals surface area contributed by atoms with Crippen LogP contribution in [0, 0.1) is 6.92 Å². The standard InChI is InChI=1S/C12H14N2S/c1-9-5-12(15-8-9)7-14-11-4-2-3-10(13)6-11/h2-6,8,14H,7,13H2,1H3. The van der Waals surface area contributed by atoms with E-state index >= 15 is 0 Å². The molecule has 0 aliphatic carbocycles. The molecular formula is C12H14N2S. The number of hydrogen-bond acceptors (Lipinski definition) is 3. The van der Waals surface area contributed by atoms with Gasteiger partial charge in [-0.15, -0.1) is 11.3 Å². The minimum atomic E-state index is 0.794. The van der Waals surface area contributed by atoms with Gasteiger partial charge in [0, 0.05) is 22.8 Å². The van der Waals surface area contributed by atoms with Gasteiger partial charge in [0.25, 0.3) is 0 Å². The van der Waals surface area contributed by atoms with Crippen LogP contribution in [0.15, 0.2) is 35.7 Å². The van der Waals surface area contributed by atoms with Crippen molar-refractivity contribution in [2.24, 2.45) is 0 Å². The summed E-state index contributed by atoms with van der Waals surface area (Å²) in [5.74, 6) is 0. The molecule has 15 heavy (non-hydrogen) atoms. The highest BCUT2D eigenvalue weighted by atomic mass is 32.1. The van der Waals surface area contributed by atoms with Crippen LogP contribution in [0.25, 0.3) is 0 Å². The molecule has 0 saturated heterocycles. The third kappa shape index (κ3) is 2.73. The van der Waals surface area contributed by atoms with Gasteiger partial charge in [0.2, 0.25) is 0 Å². The normalized spacial score (nSPS) is 10.2. The second-order valence-electron chi connectivity index (χ2n) is 3.57. The molecule has 0 spiro atoms. The van der Waals surface area contributed by atoms with E-state index in [4.69, 9.17) is 5.73 Å². The predicted octanol–water partition coefficient (Wildman–Crippen LogP) is 3.25. The molecule has 1 aromatic carbocycles. The number of nitrogens with one attached hydrogen (secondary N) is 1. The van der Waals surface area contributed by atoms with E-state index in [1.54, 1.807) is 11.3 Å². The molecule has 0 unspecified atom stereocenters. The lowest BCUT2D eigenvalue weighted by molar-refractivity contribution is 1.19. The Morgan fingerprint density at radius 3 is 2.87 bits per heavy atom. The predicted molar refractivity (Wildman–Crippen MR) is 67.2 cm³/mol. The molecule has 0 aliphatic heterocycles. The number of anilines is 2. The summed E-state index contributed by atoms with van der Waals surface area (Å²) in [6, 6.07) is 10.0. The molecular weight excluding hydrogens is 204 g/mol. The summed E-state index contributed by atoms with van der Waals surface area (Å²) < 4.78 is 0. The van der Waals surface area contributed by atoms with Crippen LogP contribution in [-0.2, 0) is 6.54 Å². The van der Waals surface area contributed by atoms with Gasteiger partial charge in [0.05, 0.1) is 0 Å². The van der Waals surface area contributed by atoms with Crippen molar-refractivity contribution in [1.29, 1.82) is 0 Å². The molecule has 2 nitrogen and oxygen atoms in total. The van der Waals surface area contributed by atoms with Gasteiger partial charge in [-0.3, -0.25) is 0 Å². The van der Waals surface area contributed by atoms with Gasteiger partial charge in [-0.2, -0.15) is 0 Å². The lowest BCUT2D eigenvalue weighted by atomic mass is 10.3. The Morgan fingerprint density at radius 2 is 2.20 bits per heavy atom. The number of nitrogens with two attached hydrogens (primary N) is 1. The highest BCUT2D eigenvalue weighted by Gasteiger charge is 1.97. The first-order valence-corrected chi connectivity index (χ1v) is 5.75. The van der Waals surface area contributed by atoms with Crippen molar-refractivity contribution < 1.29 is 0 Å². The van der Waals surface area contributed by atoms with Crippen LogP contribution in [0.5, 0.6) is 0 Å². The number of rotatable bonds is 3. The van der Waals surface area contributed by atoms with E-state index in [1.165, 1.54) is 10.4 Å².